The first-order valence-electron chi connectivity index (χ1n) is 23.5. The summed E-state index contributed by atoms with van der Waals surface area (Å²) in [5.41, 5.74) is 19.9. The second-order valence-corrected chi connectivity index (χ2v) is 18.7. The topological polar surface area (TPSA) is 38.7 Å². The van der Waals surface area contributed by atoms with E-state index in [9.17, 15) is 0 Å². The molecule has 13 rings (SSSR count). The number of hydrogen-bond donors (Lipinski definition) is 0. The van der Waals surface area contributed by atoms with Crippen LogP contribution in [0.25, 0.3) is 89.4 Å². The molecular weight excluding hydrogens is 823 g/mol. The predicted molar refractivity (Wildman–Crippen MR) is 279 cm³/mol. The van der Waals surface area contributed by atoms with E-state index in [2.05, 4.69) is 238 Å². The van der Waals surface area contributed by atoms with E-state index >= 15 is 0 Å². The Bertz CT molecular complexity index is 3590. The van der Waals surface area contributed by atoms with Gasteiger partial charge in [0.2, 0.25) is 0 Å². The minimum atomic E-state index is -0.434. The van der Waals surface area contributed by atoms with Crippen molar-refractivity contribution in [1.82, 2.24) is 15.0 Å². The van der Waals surface area contributed by atoms with Crippen LogP contribution in [-0.2, 0) is 10.8 Å². The Hall–Kier alpha value is -8.53. The molecule has 10 aromatic carbocycles. The standard InChI is InChI=1S/C65H45N3/c1-64(2)57-25-13-15-27-59(57)65(60-28-16-14-26-58(60)64)55-24-12-11-23-52(55)54-41-48(37-40-56(54)65)49-38-39-53(51-22-10-9-21-50(49)51)63-67-61(46-33-29-44(30-34-46)42-17-5-3-6-18-42)66-62(68-63)47-35-31-45(32-36-47)43-19-7-4-8-20-43/h3-41H,1-2H3. The van der Waals surface area contributed by atoms with E-state index in [0.29, 0.717) is 17.5 Å². The maximum Gasteiger partial charge on any atom is 0.164 e. The number of nitrogens with zero attached hydrogens (tertiary/aromatic N) is 3. The van der Waals surface area contributed by atoms with Crippen LogP contribution in [0.5, 0.6) is 0 Å². The Morgan fingerprint density at radius 3 is 1.19 bits per heavy atom. The van der Waals surface area contributed by atoms with Gasteiger partial charge < -0.3 is 0 Å². The van der Waals surface area contributed by atoms with Crippen LogP contribution >= 0.6 is 0 Å². The van der Waals surface area contributed by atoms with E-state index in [0.717, 1.165) is 38.6 Å². The number of aromatic nitrogens is 3. The molecule has 0 bridgehead atoms. The highest BCUT2D eigenvalue weighted by atomic mass is 15.0. The normalized spacial score (nSPS) is 13.7. The average Bonchev–Trinajstić information content (AvgIpc) is 3.70. The van der Waals surface area contributed by atoms with Crippen LogP contribution in [-0.4, -0.2) is 15.0 Å². The highest BCUT2D eigenvalue weighted by Gasteiger charge is 2.53. The Kier molecular flexibility index (Phi) is 9.10. The smallest absolute Gasteiger partial charge is 0.164 e. The summed E-state index contributed by atoms with van der Waals surface area (Å²) < 4.78 is 0. The van der Waals surface area contributed by atoms with Gasteiger partial charge in [0.05, 0.1) is 5.41 Å². The van der Waals surface area contributed by atoms with Crippen molar-refractivity contribution in [3.8, 4) is 78.7 Å². The van der Waals surface area contributed by atoms with Crippen molar-refractivity contribution in [2.45, 2.75) is 24.7 Å². The molecule has 320 valence electrons. The predicted octanol–water partition coefficient (Wildman–Crippen LogP) is 16.0. The molecule has 0 saturated carbocycles. The van der Waals surface area contributed by atoms with Crippen LogP contribution in [0.3, 0.4) is 0 Å². The summed E-state index contributed by atoms with van der Waals surface area (Å²) in [6.07, 6.45) is 0. The van der Waals surface area contributed by atoms with Crippen LogP contribution in [0.4, 0.5) is 0 Å². The Morgan fingerprint density at radius 2 is 0.632 bits per heavy atom. The van der Waals surface area contributed by atoms with Gasteiger partial charge in [-0.3, -0.25) is 0 Å². The van der Waals surface area contributed by atoms with Gasteiger partial charge in [-0.05, 0) is 101 Å². The molecule has 0 radical (unpaired) electrons. The summed E-state index contributed by atoms with van der Waals surface area (Å²) in [6, 6.07) is 85.7. The lowest BCUT2D eigenvalue weighted by Crippen LogP contribution is -2.40. The lowest BCUT2D eigenvalue weighted by Gasteiger charge is -2.46. The van der Waals surface area contributed by atoms with E-state index in [1.54, 1.807) is 0 Å². The van der Waals surface area contributed by atoms with Gasteiger partial charge in [0.1, 0.15) is 0 Å². The van der Waals surface area contributed by atoms with Crippen molar-refractivity contribution in [3.05, 3.63) is 270 Å². The summed E-state index contributed by atoms with van der Waals surface area (Å²) in [5, 5.41) is 2.23. The van der Waals surface area contributed by atoms with Gasteiger partial charge in [-0.15, -0.1) is 0 Å². The third-order valence-electron chi connectivity index (χ3n) is 14.7. The third-order valence-corrected chi connectivity index (χ3v) is 14.7. The van der Waals surface area contributed by atoms with Gasteiger partial charge in [0.15, 0.2) is 17.5 Å². The SMILES string of the molecule is CC1(C)c2ccccc2C2(c3ccccc3-c3cc(-c4ccc(-c5nc(-c6ccc(-c7ccccc7)cc6)nc(-c6ccc(-c7ccccc7)cc6)n5)c5ccccc45)ccc32)c2ccccc21. The zero-order valence-corrected chi connectivity index (χ0v) is 37.9. The highest BCUT2D eigenvalue weighted by Crippen LogP contribution is 2.62. The first-order valence-corrected chi connectivity index (χ1v) is 23.5. The second kappa shape index (κ2) is 15.5. The molecule has 0 amide bonds. The van der Waals surface area contributed by atoms with Crippen LogP contribution in [0.15, 0.2) is 237 Å². The van der Waals surface area contributed by atoms with Crippen LogP contribution in [0.2, 0.25) is 0 Å². The first-order chi connectivity index (χ1) is 33.5. The Labute approximate surface area is 397 Å². The van der Waals surface area contributed by atoms with E-state index in [4.69, 9.17) is 15.0 Å². The molecule has 3 nitrogen and oxygen atoms in total. The lowest BCUT2D eigenvalue weighted by atomic mass is 9.55. The van der Waals surface area contributed by atoms with Crippen molar-refractivity contribution in [2.24, 2.45) is 0 Å². The zero-order valence-electron chi connectivity index (χ0n) is 37.9. The molecule has 0 aliphatic heterocycles. The van der Waals surface area contributed by atoms with Crippen LogP contribution in [0, 0.1) is 0 Å². The van der Waals surface area contributed by atoms with E-state index in [1.165, 1.54) is 66.8 Å². The fourth-order valence-corrected chi connectivity index (χ4v) is 11.4. The first kappa shape index (κ1) is 39.8. The molecule has 68 heavy (non-hydrogen) atoms. The van der Waals surface area contributed by atoms with E-state index in [-0.39, 0.29) is 5.41 Å². The molecule has 11 aromatic rings. The molecule has 2 aliphatic carbocycles. The Morgan fingerprint density at radius 1 is 0.250 bits per heavy atom. The van der Waals surface area contributed by atoms with Crippen molar-refractivity contribution < 1.29 is 0 Å². The minimum Gasteiger partial charge on any atom is -0.208 e. The summed E-state index contributed by atoms with van der Waals surface area (Å²) in [6.45, 7) is 4.75. The average molecular weight is 868 g/mol. The maximum absolute atomic E-state index is 5.26. The summed E-state index contributed by atoms with van der Waals surface area (Å²) in [7, 11) is 0. The summed E-state index contributed by atoms with van der Waals surface area (Å²) in [5.74, 6) is 1.89. The monoisotopic (exact) mass is 867 g/mol. The fraction of sp³-hybridized carbons (Fsp3) is 0.0615. The third kappa shape index (κ3) is 6.09. The quantitative estimate of drug-likeness (QED) is 0.167. The van der Waals surface area contributed by atoms with Gasteiger partial charge in [-0.2, -0.15) is 0 Å². The molecule has 0 unspecified atom stereocenters. The van der Waals surface area contributed by atoms with Crippen LogP contribution in [0.1, 0.15) is 47.2 Å². The molecule has 0 fully saturated rings. The molecule has 0 atom stereocenters. The van der Waals surface area contributed by atoms with Gasteiger partial charge in [-0.25, -0.2) is 15.0 Å². The fourth-order valence-electron chi connectivity index (χ4n) is 11.4. The molecule has 0 saturated heterocycles. The largest absolute Gasteiger partial charge is 0.208 e. The maximum atomic E-state index is 5.26. The number of hydrogen-bond acceptors (Lipinski definition) is 3. The summed E-state index contributed by atoms with van der Waals surface area (Å²) in [4.78, 5) is 15.7. The lowest BCUT2D eigenvalue weighted by molar-refractivity contribution is 0.563. The number of fused-ring (bicyclic) bond motifs is 10. The summed E-state index contributed by atoms with van der Waals surface area (Å²) >= 11 is 0. The van der Waals surface area contributed by atoms with Gasteiger partial charge >= 0.3 is 0 Å². The molecule has 1 aromatic heterocycles. The molecular formula is C65H45N3. The van der Waals surface area contributed by atoms with Crippen molar-refractivity contribution in [1.29, 1.82) is 0 Å². The van der Waals surface area contributed by atoms with Crippen molar-refractivity contribution >= 4 is 10.8 Å². The van der Waals surface area contributed by atoms with Crippen molar-refractivity contribution in [2.75, 3.05) is 0 Å². The molecule has 0 N–H and O–H groups in total. The van der Waals surface area contributed by atoms with Crippen LogP contribution < -0.4 is 0 Å². The van der Waals surface area contributed by atoms with Crippen molar-refractivity contribution in [3.63, 3.8) is 0 Å². The minimum absolute atomic E-state index is 0.142. The molecule has 1 heterocycles. The second-order valence-electron chi connectivity index (χ2n) is 18.7. The molecule has 3 heteroatoms. The Balaban J connectivity index is 0.959. The van der Waals surface area contributed by atoms with Gasteiger partial charge in [0, 0.05) is 22.1 Å². The van der Waals surface area contributed by atoms with Gasteiger partial charge in [-0.1, -0.05) is 238 Å². The highest BCUT2D eigenvalue weighted by molar-refractivity contribution is 6.05. The van der Waals surface area contributed by atoms with E-state index in [1.807, 2.05) is 12.1 Å². The molecule has 2 aliphatic rings. The zero-order chi connectivity index (χ0) is 45.4. The number of rotatable bonds is 6. The number of benzene rings is 10. The molecule has 1 spiro atoms. The van der Waals surface area contributed by atoms with Gasteiger partial charge in [0.25, 0.3) is 0 Å². The van der Waals surface area contributed by atoms with E-state index < -0.39 is 5.41 Å².